The molecule has 21 heavy (non-hydrogen) atoms. The van der Waals surface area contributed by atoms with Gasteiger partial charge in [-0.1, -0.05) is 12.1 Å². The van der Waals surface area contributed by atoms with Gasteiger partial charge in [0.2, 0.25) is 0 Å². The van der Waals surface area contributed by atoms with Crippen LogP contribution in [0.3, 0.4) is 0 Å². The summed E-state index contributed by atoms with van der Waals surface area (Å²) in [5.74, 6) is -1.23. The van der Waals surface area contributed by atoms with Crippen LogP contribution >= 0.6 is 0 Å². The van der Waals surface area contributed by atoms with Crippen molar-refractivity contribution in [2.24, 2.45) is 0 Å². The fourth-order valence-electron chi connectivity index (χ4n) is 1.74. The Morgan fingerprint density at radius 3 is 2.00 bits per heavy atom. The molecule has 0 aliphatic carbocycles. The van der Waals surface area contributed by atoms with Gasteiger partial charge in [-0.3, -0.25) is 0 Å². The van der Waals surface area contributed by atoms with Gasteiger partial charge in [-0.15, -0.1) is 0 Å². The molecule has 0 heterocycles. The summed E-state index contributed by atoms with van der Waals surface area (Å²) in [6.07, 6.45) is -4.48. The summed E-state index contributed by atoms with van der Waals surface area (Å²) < 4.78 is 79.0. The van der Waals surface area contributed by atoms with Gasteiger partial charge in [-0.25, -0.2) is 4.39 Å². The summed E-state index contributed by atoms with van der Waals surface area (Å²) in [4.78, 5) is 0. The Morgan fingerprint density at radius 2 is 1.52 bits per heavy atom. The zero-order valence-corrected chi connectivity index (χ0v) is 10.3. The molecule has 0 bridgehead atoms. The molecule has 0 aromatic heterocycles. The molecule has 7 heteroatoms. The predicted molar refractivity (Wildman–Crippen MR) is 63.5 cm³/mol. The van der Waals surface area contributed by atoms with E-state index < -0.39 is 24.2 Å². The average Bonchev–Trinajstić information content (AvgIpc) is 2.37. The third kappa shape index (κ3) is 3.68. The molecule has 2 aromatic rings. The van der Waals surface area contributed by atoms with Crippen LogP contribution in [-0.2, 0) is 6.18 Å². The fourth-order valence-corrected chi connectivity index (χ4v) is 1.74. The summed E-state index contributed by atoms with van der Waals surface area (Å²) in [6.45, 7) is -3.08. The molecule has 0 fully saturated rings. The molecule has 0 aliphatic rings. The lowest BCUT2D eigenvalue weighted by Gasteiger charge is -2.10. The van der Waals surface area contributed by atoms with Gasteiger partial charge in [-0.05, 0) is 29.8 Å². The van der Waals surface area contributed by atoms with Crippen molar-refractivity contribution in [3.8, 4) is 16.9 Å². The minimum absolute atomic E-state index is 0.00894. The molecule has 0 aliphatic heterocycles. The van der Waals surface area contributed by atoms with Gasteiger partial charge in [0.1, 0.15) is 11.6 Å². The maximum Gasteiger partial charge on any atom is 0.416 e. The summed E-state index contributed by atoms with van der Waals surface area (Å²) in [5, 5.41) is 0. The Kier molecular flexibility index (Phi) is 4.11. The van der Waals surface area contributed by atoms with E-state index in [1.807, 2.05) is 0 Å². The minimum atomic E-state index is -4.48. The summed E-state index contributed by atoms with van der Waals surface area (Å²) in [7, 11) is 0. The van der Waals surface area contributed by atoms with E-state index in [1.165, 1.54) is 0 Å². The number of hydrogen-bond donors (Lipinski definition) is 0. The lowest BCUT2D eigenvalue weighted by Crippen LogP contribution is -2.04. The van der Waals surface area contributed by atoms with Crippen LogP contribution in [0.15, 0.2) is 42.5 Å². The van der Waals surface area contributed by atoms with E-state index >= 15 is 0 Å². The van der Waals surface area contributed by atoms with E-state index in [1.54, 1.807) is 0 Å². The molecule has 0 unspecified atom stereocenters. The predicted octanol–water partition coefficient (Wildman–Crippen LogP) is 5.11. The van der Waals surface area contributed by atoms with E-state index in [9.17, 15) is 26.3 Å². The second-order valence-electron chi connectivity index (χ2n) is 4.10. The number of alkyl halides is 5. The van der Waals surface area contributed by atoms with Gasteiger partial charge in [0, 0.05) is 11.6 Å². The summed E-state index contributed by atoms with van der Waals surface area (Å²) in [6, 6.07) is 6.87. The molecular weight excluding hydrogens is 298 g/mol. The van der Waals surface area contributed by atoms with Crippen molar-refractivity contribution in [3.63, 3.8) is 0 Å². The zero-order valence-electron chi connectivity index (χ0n) is 10.3. The van der Waals surface area contributed by atoms with Gasteiger partial charge in [0.25, 0.3) is 0 Å². The highest BCUT2D eigenvalue weighted by Gasteiger charge is 2.30. The van der Waals surface area contributed by atoms with Crippen LogP contribution in [0.2, 0.25) is 0 Å². The van der Waals surface area contributed by atoms with Crippen LogP contribution in [0.4, 0.5) is 26.3 Å². The minimum Gasteiger partial charge on any atom is -0.435 e. The highest BCUT2D eigenvalue weighted by atomic mass is 19.4. The second-order valence-corrected chi connectivity index (χ2v) is 4.10. The first-order chi connectivity index (χ1) is 9.77. The molecule has 1 nitrogen and oxygen atoms in total. The standard InChI is InChI=1S/C14H8F6O/c15-12-7-10(21-13(16)17)5-6-11(12)8-1-3-9(4-2-8)14(18,19)20/h1-7,13H. The van der Waals surface area contributed by atoms with E-state index in [2.05, 4.69) is 4.74 Å². The largest absolute Gasteiger partial charge is 0.435 e. The van der Waals surface area contributed by atoms with E-state index in [-0.39, 0.29) is 16.9 Å². The first kappa shape index (κ1) is 15.2. The first-order valence-corrected chi connectivity index (χ1v) is 5.69. The topological polar surface area (TPSA) is 9.23 Å². The molecule has 0 saturated heterocycles. The quantitative estimate of drug-likeness (QED) is 0.716. The van der Waals surface area contributed by atoms with Crippen LogP contribution in [0, 0.1) is 5.82 Å². The highest BCUT2D eigenvalue weighted by molar-refractivity contribution is 5.65. The van der Waals surface area contributed by atoms with E-state index in [0.29, 0.717) is 0 Å². The van der Waals surface area contributed by atoms with Gasteiger partial charge < -0.3 is 4.74 Å². The Morgan fingerprint density at radius 1 is 0.905 bits per heavy atom. The molecule has 0 N–H and O–H groups in total. The Hall–Kier alpha value is -2.18. The van der Waals surface area contributed by atoms with Crippen LogP contribution in [0.25, 0.3) is 11.1 Å². The van der Waals surface area contributed by atoms with Gasteiger partial charge in [-0.2, -0.15) is 22.0 Å². The monoisotopic (exact) mass is 306 g/mol. The van der Waals surface area contributed by atoms with Crippen molar-refractivity contribution >= 4 is 0 Å². The van der Waals surface area contributed by atoms with Crippen molar-refractivity contribution < 1.29 is 31.1 Å². The van der Waals surface area contributed by atoms with Gasteiger partial charge in [0.05, 0.1) is 5.56 Å². The molecule has 0 radical (unpaired) electrons. The van der Waals surface area contributed by atoms with Crippen LogP contribution in [0.1, 0.15) is 5.56 Å². The van der Waals surface area contributed by atoms with Crippen molar-refractivity contribution in [1.29, 1.82) is 0 Å². The molecule has 2 rings (SSSR count). The summed E-state index contributed by atoms with van der Waals surface area (Å²) >= 11 is 0. The smallest absolute Gasteiger partial charge is 0.416 e. The normalized spacial score (nSPS) is 11.8. The number of rotatable bonds is 3. The summed E-state index contributed by atoms with van der Waals surface area (Å²) in [5.41, 5.74) is -0.668. The first-order valence-electron chi connectivity index (χ1n) is 5.69. The Labute approximate surface area is 115 Å². The van der Waals surface area contributed by atoms with Crippen LogP contribution in [-0.4, -0.2) is 6.61 Å². The lowest BCUT2D eigenvalue weighted by molar-refractivity contribution is -0.137. The SMILES string of the molecule is Fc1cc(OC(F)F)ccc1-c1ccc(C(F)(F)F)cc1. The molecule has 0 atom stereocenters. The van der Waals surface area contributed by atoms with Crippen LogP contribution < -0.4 is 4.74 Å². The third-order valence-corrected chi connectivity index (χ3v) is 2.69. The van der Waals surface area contributed by atoms with E-state index in [0.717, 1.165) is 42.5 Å². The second kappa shape index (κ2) is 5.67. The Balaban J connectivity index is 2.30. The average molecular weight is 306 g/mol. The van der Waals surface area contributed by atoms with Gasteiger partial charge in [0.15, 0.2) is 0 Å². The fraction of sp³-hybridized carbons (Fsp3) is 0.143. The Bertz CT molecular complexity index is 618. The molecule has 0 saturated carbocycles. The van der Waals surface area contributed by atoms with Crippen molar-refractivity contribution in [2.45, 2.75) is 12.8 Å². The van der Waals surface area contributed by atoms with Crippen molar-refractivity contribution in [3.05, 3.63) is 53.8 Å². The number of ether oxygens (including phenoxy) is 1. The molecule has 2 aromatic carbocycles. The number of benzene rings is 2. The van der Waals surface area contributed by atoms with Crippen molar-refractivity contribution in [1.82, 2.24) is 0 Å². The number of halogens is 6. The molecule has 0 spiro atoms. The lowest BCUT2D eigenvalue weighted by atomic mass is 10.0. The highest BCUT2D eigenvalue weighted by Crippen LogP contribution is 2.32. The van der Waals surface area contributed by atoms with Crippen molar-refractivity contribution in [2.75, 3.05) is 0 Å². The number of hydrogen-bond acceptors (Lipinski definition) is 1. The van der Waals surface area contributed by atoms with Gasteiger partial charge >= 0.3 is 12.8 Å². The zero-order chi connectivity index (χ0) is 15.6. The maximum absolute atomic E-state index is 13.8. The molecule has 0 amide bonds. The molecule has 112 valence electrons. The molecular formula is C14H8F6O. The van der Waals surface area contributed by atoms with E-state index in [4.69, 9.17) is 0 Å². The maximum atomic E-state index is 13.8. The van der Waals surface area contributed by atoms with Crippen LogP contribution in [0.5, 0.6) is 5.75 Å². The third-order valence-electron chi connectivity index (χ3n) is 2.69.